The third-order valence-electron chi connectivity index (χ3n) is 2.70. The van der Waals surface area contributed by atoms with Gasteiger partial charge in [0.1, 0.15) is 0 Å². The highest BCUT2D eigenvalue weighted by Crippen LogP contribution is 2.21. The molecule has 1 aliphatic heterocycles. The normalized spacial score (nSPS) is 13.3. The van der Waals surface area contributed by atoms with Crippen molar-refractivity contribution in [2.45, 2.75) is 13.1 Å². The van der Waals surface area contributed by atoms with Crippen LogP contribution in [0.15, 0.2) is 24.3 Å². The van der Waals surface area contributed by atoms with Crippen LogP contribution in [-0.2, 0) is 17.9 Å². The Morgan fingerprint density at radius 2 is 2.00 bits per heavy atom. The second-order valence-corrected chi connectivity index (χ2v) is 3.83. The summed E-state index contributed by atoms with van der Waals surface area (Å²) in [6.45, 7) is 2.18. The molecule has 0 spiro atoms. The van der Waals surface area contributed by atoms with Crippen molar-refractivity contribution in [1.82, 2.24) is 10.2 Å². The molecule has 1 aromatic carbocycles. The molecule has 0 bridgehead atoms. The zero-order valence-corrected chi connectivity index (χ0v) is 9.07. The van der Waals surface area contributed by atoms with Crippen LogP contribution in [0.2, 0.25) is 0 Å². The van der Waals surface area contributed by atoms with Crippen LogP contribution in [0.4, 0.5) is 0 Å². The predicted octanol–water partition coefficient (Wildman–Crippen LogP) is 0.752. The molecule has 1 amide bonds. The van der Waals surface area contributed by atoms with Crippen molar-refractivity contribution in [2.75, 3.05) is 13.1 Å². The summed E-state index contributed by atoms with van der Waals surface area (Å²) >= 11 is 0. The first-order chi connectivity index (χ1) is 7.81. The fourth-order valence-electron chi connectivity index (χ4n) is 1.86. The van der Waals surface area contributed by atoms with Crippen LogP contribution < -0.4 is 5.32 Å². The van der Waals surface area contributed by atoms with Gasteiger partial charge in [0.15, 0.2) is 0 Å². The van der Waals surface area contributed by atoms with Gasteiger partial charge >= 0.3 is 0 Å². The molecule has 16 heavy (non-hydrogen) atoms. The second kappa shape index (κ2) is 4.82. The van der Waals surface area contributed by atoms with Gasteiger partial charge in [-0.25, -0.2) is 0 Å². The van der Waals surface area contributed by atoms with Gasteiger partial charge in [0, 0.05) is 13.1 Å². The van der Waals surface area contributed by atoms with Crippen molar-refractivity contribution in [3.8, 4) is 12.3 Å². The second-order valence-electron chi connectivity index (χ2n) is 3.83. The first kappa shape index (κ1) is 10.7. The van der Waals surface area contributed by atoms with E-state index in [0.29, 0.717) is 26.2 Å². The first-order valence-corrected chi connectivity index (χ1v) is 5.30. The molecular weight excluding hydrogens is 200 g/mol. The highest BCUT2D eigenvalue weighted by molar-refractivity contribution is 5.79. The summed E-state index contributed by atoms with van der Waals surface area (Å²) < 4.78 is 0. The lowest BCUT2D eigenvalue weighted by molar-refractivity contribution is -0.130. The van der Waals surface area contributed by atoms with Crippen molar-refractivity contribution < 1.29 is 4.79 Å². The minimum Gasteiger partial charge on any atom is -0.333 e. The van der Waals surface area contributed by atoms with Crippen LogP contribution in [0, 0.1) is 12.3 Å². The van der Waals surface area contributed by atoms with Crippen LogP contribution in [0.3, 0.4) is 0 Å². The van der Waals surface area contributed by atoms with E-state index in [1.54, 1.807) is 0 Å². The number of carbonyl (C=O) groups excluding carboxylic acids is 1. The molecule has 0 atom stereocenters. The van der Waals surface area contributed by atoms with E-state index in [9.17, 15) is 4.79 Å². The first-order valence-electron chi connectivity index (χ1n) is 5.30. The number of hydrogen-bond acceptors (Lipinski definition) is 2. The van der Waals surface area contributed by atoms with Crippen molar-refractivity contribution in [2.24, 2.45) is 0 Å². The van der Waals surface area contributed by atoms with Gasteiger partial charge in [-0.2, -0.15) is 0 Å². The highest BCUT2D eigenvalue weighted by atomic mass is 16.2. The Morgan fingerprint density at radius 3 is 2.56 bits per heavy atom. The van der Waals surface area contributed by atoms with Gasteiger partial charge in [-0.3, -0.25) is 10.1 Å². The van der Waals surface area contributed by atoms with Crippen molar-refractivity contribution >= 4 is 5.91 Å². The zero-order valence-electron chi connectivity index (χ0n) is 9.07. The predicted molar refractivity (Wildman–Crippen MR) is 62.4 cm³/mol. The number of nitrogens with one attached hydrogen (secondary N) is 1. The van der Waals surface area contributed by atoms with Crippen molar-refractivity contribution in [1.29, 1.82) is 0 Å². The van der Waals surface area contributed by atoms with Crippen LogP contribution in [0.5, 0.6) is 0 Å². The minimum atomic E-state index is 0.103. The molecule has 0 aliphatic carbocycles. The molecule has 1 heterocycles. The topological polar surface area (TPSA) is 32.3 Å². The Kier molecular flexibility index (Phi) is 3.23. The third-order valence-corrected chi connectivity index (χ3v) is 2.70. The van der Waals surface area contributed by atoms with E-state index < -0.39 is 0 Å². The molecule has 0 unspecified atom stereocenters. The van der Waals surface area contributed by atoms with Crippen LogP contribution >= 0.6 is 0 Å². The summed E-state index contributed by atoms with van der Waals surface area (Å²) in [4.78, 5) is 13.6. The average Bonchev–Trinajstić information content (AvgIpc) is 2.73. The molecule has 0 saturated carbocycles. The van der Waals surface area contributed by atoms with Crippen LogP contribution in [-0.4, -0.2) is 23.9 Å². The molecular formula is C13H14N2O. The van der Waals surface area contributed by atoms with E-state index in [-0.39, 0.29) is 5.91 Å². The van der Waals surface area contributed by atoms with Gasteiger partial charge in [0.25, 0.3) is 0 Å². The van der Waals surface area contributed by atoms with Gasteiger partial charge < -0.3 is 4.90 Å². The molecule has 0 aromatic heterocycles. The van der Waals surface area contributed by atoms with Gasteiger partial charge in [0.2, 0.25) is 5.91 Å². The van der Waals surface area contributed by atoms with Gasteiger partial charge in [-0.15, -0.1) is 6.42 Å². The van der Waals surface area contributed by atoms with Crippen LogP contribution in [0.25, 0.3) is 0 Å². The van der Waals surface area contributed by atoms with Gasteiger partial charge in [-0.05, 0) is 11.1 Å². The third kappa shape index (κ3) is 2.23. The lowest BCUT2D eigenvalue weighted by Crippen LogP contribution is -2.34. The van der Waals surface area contributed by atoms with E-state index in [2.05, 4.69) is 23.4 Å². The number of amides is 1. The number of benzene rings is 1. The Hall–Kier alpha value is -1.79. The quantitative estimate of drug-likeness (QED) is 0.595. The maximum Gasteiger partial charge on any atom is 0.237 e. The molecule has 3 nitrogen and oxygen atoms in total. The van der Waals surface area contributed by atoms with E-state index >= 15 is 0 Å². The van der Waals surface area contributed by atoms with Gasteiger partial charge in [0.05, 0.1) is 13.1 Å². The van der Waals surface area contributed by atoms with Gasteiger partial charge in [-0.1, -0.05) is 30.2 Å². The molecule has 82 valence electrons. The maximum atomic E-state index is 11.8. The Balaban J connectivity index is 1.91. The Labute approximate surface area is 95.5 Å². The largest absolute Gasteiger partial charge is 0.333 e. The lowest BCUT2D eigenvalue weighted by Gasteiger charge is -2.15. The molecule has 3 heteroatoms. The number of hydrogen-bond donors (Lipinski definition) is 1. The summed E-state index contributed by atoms with van der Waals surface area (Å²) in [7, 11) is 0. The number of carbonyl (C=O) groups is 1. The summed E-state index contributed by atoms with van der Waals surface area (Å²) in [5, 5.41) is 2.91. The van der Waals surface area contributed by atoms with E-state index in [0.717, 1.165) is 0 Å². The number of fused-ring (bicyclic) bond motifs is 1. The van der Waals surface area contributed by atoms with E-state index in [1.807, 2.05) is 17.0 Å². The van der Waals surface area contributed by atoms with Crippen LogP contribution in [0.1, 0.15) is 11.1 Å². The summed E-state index contributed by atoms with van der Waals surface area (Å²) in [6, 6.07) is 8.14. The lowest BCUT2D eigenvalue weighted by atomic mass is 10.1. The minimum absolute atomic E-state index is 0.103. The summed E-state index contributed by atoms with van der Waals surface area (Å²) in [5.74, 6) is 2.55. The zero-order chi connectivity index (χ0) is 11.4. The molecule has 1 aliphatic rings. The fraction of sp³-hybridized carbons (Fsp3) is 0.308. The number of rotatable bonds is 3. The smallest absolute Gasteiger partial charge is 0.237 e. The van der Waals surface area contributed by atoms with Crippen molar-refractivity contribution in [3.05, 3.63) is 35.4 Å². The fourth-order valence-corrected chi connectivity index (χ4v) is 1.86. The SMILES string of the molecule is C#CCNCC(=O)N1Cc2ccccc2C1. The maximum absolute atomic E-state index is 11.8. The molecule has 0 fully saturated rings. The highest BCUT2D eigenvalue weighted by Gasteiger charge is 2.21. The number of terminal acetylenes is 1. The molecule has 0 radical (unpaired) electrons. The Bertz CT molecular complexity index is 409. The standard InChI is InChI=1S/C13H14N2O/c1-2-7-14-8-13(16)15-9-11-5-3-4-6-12(11)10-15/h1,3-6,14H,7-10H2. The molecule has 2 rings (SSSR count). The monoisotopic (exact) mass is 214 g/mol. The van der Waals surface area contributed by atoms with Crippen molar-refractivity contribution in [3.63, 3.8) is 0 Å². The number of nitrogens with zero attached hydrogens (tertiary/aromatic N) is 1. The Morgan fingerprint density at radius 1 is 1.38 bits per heavy atom. The average molecular weight is 214 g/mol. The van der Waals surface area contributed by atoms with E-state index in [4.69, 9.17) is 6.42 Å². The van der Waals surface area contributed by atoms with E-state index in [1.165, 1.54) is 11.1 Å². The summed E-state index contributed by atoms with van der Waals surface area (Å²) in [6.07, 6.45) is 5.10. The molecule has 1 N–H and O–H groups in total. The molecule has 1 aromatic rings. The molecule has 0 saturated heterocycles. The summed E-state index contributed by atoms with van der Waals surface area (Å²) in [5.41, 5.74) is 2.49.